The molecule has 0 aliphatic carbocycles. The minimum absolute atomic E-state index is 0.489. The highest BCUT2D eigenvalue weighted by Gasteiger charge is 2.40. The van der Waals surface area contributed by atoms with Crippen LogP contribution in [-0.4, -0.2) is 29.1 Å². The summed E-state index contributed by atoms with van der Waals surface area (Å²) in [6, 6.07) is 3.78. The molecule has 17 heavy (non-hydrogen) atoms. The Hall–Kier alpha value is -0.940. The molecule has 92 valence electrons. The van der Waals surface area contributed by atoms with E-state index in [4.69, 9.17) is 0 Å². The molecule has 0 radical (unpaired) electrons. The maximum Gasteiger partial charge on any atom is 0.311 e. The second-order valence-electron chi connectivity index (χ2n) is 4.51. The minimum atomic E-state index is -0.727. The van der Waals surface area contributed by atoms with Crippen molar-refractivity contribution < 1.29 is 9.90 Å². The van der Waals surface area contributed by atoms with E-state index < -0.39 is 11.4 Å². The van der Waals surface area contributed by atoms with Gasteiger partial charge in [-0.1, -0.05) is 0 Å². The lowest BCUT2D eigenvalue weighted by Gasteiger charge is -2.33. The zero-order valence-electron chi connectivity index (χ0n) is 9.45. The van der Waals surface area contributed by atoms with E-state index in [1.165, 1.54) is 0 Å². The third-order valence-electron chi connectivity index (χ3n) is 3.23. The van der Waals surface area contributed by atoms with Gasteiger partial charge in [0.2, 0.25) is 0 Å². The van der Waals surface area contributed by atoms with Crippen LogP contribution < -0.4 is 5.32 Å². The first-order chi connectivity index (χ1) is 8.12. The Morgan fingerprint density at radius 2 is 2.41 bits per heavy atom. The summed E-state index contributed by atoms with van der Waals surface area (Å²) in [7, 11) is 0. The summed E-state index contributed by atoms with van der Waals surface area (Å²) in [4.78, 5) is 15.7. The number of aliphatic carboxylic acids is 1. The normalized spacial score (nSPS) is 24.5. The zero-order chi connectivity index (χ0) is 12.3. The Bertz CT molecular complexity index is 399. The number of carbonyl (C=O) groups is 1. The highest BCUT2D eigenvalue weighted by molar-refractivity contribution is 9.10. The molecule has 1 aliphatic heterocycles. The average molecular weight is 299 g/mol. The third-order valence-corrected chi connectivity index (χ3v) is 3.70. The number of hydrogen-bond donors (Lipinski definition) is 2. The fourth-order valence-electron chi connectivity index (χ4n) is 2.23. The molecule has 1 fully saturated rings. The molecule has 1 unspecified atom stereocenters. The Labute approximate surface area is 109 Å². The maximum atomic E-state index is 11.5. The molecule has 0 spiro atoms. The van der Waals surface area contributed by atoms with Crippen LogP contribution >= 0.6 is 15.9 Å². The topological polar surface area (TPSA) is 62.2 Å². The van der Waals surface area contributed by atoms with Crippen molar-refractivity contribution in [1.29, 1.82) is 0 Å². The van der Waals surface area contributed by atoms with E-state index in [-0.39, 0.29) is 0 Å². The van der Waals surface area contributed by atoms with E-state index in [9.17, 15) is 9.90 Å². The quantitative estimate of drug-likeness (QED) is 0.894. The first kappa shape index (κ1) is 12.5. The van der Waals surface area contributed by atoms with Gasteiger partial charge in [-0.2, -0.15) is 0 Å². The Morgan fingerprint density at radius 1 is 1.59 bits per heavy atom. The van der Waals surface area contributed by atoms with Crippen molar-refractivity contribution in [2.45, 2.75) is 19.3 Å². The lowest BCUT2D eigenvalue weighted by atomic mass is 9.77. The van der Waals surface area contributed by atoms with Crippen molar-refractivity contribution in [3.63, 3.8) is 0 Å². The second-order valence-corrected chi connectivity index (χ2v) is 5.43. The van der Waals surface area contributed by atoms with Gasteiger partial charge in [0.05, 0.1) is 5.41 Å². The standard InChI is InChI=1S/C12H15BrN2O2/c13-9-2-3-10(15-7-9)6-12(11(16)17)4-1-5-14-8-12/h2-3,7,14H,1,4-6,8H2,(H,16,17). The molecule has 0 aromatic carbocycles. The van der Waals surface area contributed by atoms with Crippen molar-refractivity contribution in [2.24, 2.45) is 5.41 Å². The molecule has 2 heterocycles. The molecule has 1 atom stereocenters. The molecule has 0 amide bonds. The van der Waals surface area contributed by atoms with Crippen molar-refractivity contribution in [2.75, 3.05) is 13.1 Å². The summed E-state index contributed by atoms with van der Waals surface area (Å²) in [5.41, 5.74) is 0.137. The number of piperidine rings is 1. The minimum Gasteiger partial charge on any atom is -0.481 e. The van der Waals surface area contributed by atoms with Gasteiger partial charge in [0.1, 0.15) is 0 Å². The summed E-state index contributed by atoms with van der Waals surface area (Å²) < 4.78 is 0.910. The lowest BCUT2D eigenvalue weighted by molar-refractivity contribution is -0.150. The fourth-order valence-corrected chi connectivity index (χ4v) is 2.47. The number of halogens is 1. The van der Waals surface area contributed by atoms with Gasteiger partial charge in [0.25, 0.3) is 0 Å². The van der Waals surface area contributed by atoms with Gasteiger partial charge < -0.3 is 10.4 Å². The van der Waals surface area contributed by atoms with Gasteiger partial charge in [0, 0.05) is 29.3 Å². The predicted molar refractivity (Wildman–Crippen MR) is 67.8 cm³/mol. The van der Waals surface area contributed by atoms with E-state index >= 15 is 0 Å². The number of aromatic nitrogens is 1. The zero-order valence-corrected chi connectivity index (χ0v) is 11.0. The van der Waals surface area contributed by atoms with Crippen LogP contribution in [0.1, 0.15) is 18.5 Å². The molecule has 0 saturated carbocycles. The van der Waals surface area contributed by atoms with Gasteiger partial charge in [-0.25, -0.2) is 0 Å². The van der Waals surface area contributed by atoms with Crippen molar-refractivity contribution in [3.05, 3.63) is 28.5 Å². The average Bonchev–Trinajstić information content (AvgIpc) is 2.33. The summed E-state index contributed by atoms with van der Waals surface area (Å²) in [5, 5.41) is 12.6. The van der Waals surface area contributed by atoms with E-state index in [1.807, 2.05) is 12.1 Å². The fraction of sp³-hybridized carbons (Fsp3) is 0.500. The van der Waals surface area contributed by atoms with Crippen LogP contribution in [0.25, 0.3) is 0 Å². The number of nitrogens with one attached hydrogen (secondary N) is 1. The second kappa shape index (κ2) is 5.14. The summed E-state index contributed by atoms with van der Waals surface area (Å²) >= 11 is 3.32. The first-order valence-electron chi connectivity index (χ1n) is 5.67. The maximum absolute atomic E-state index is 11.5. The summed E-state index contributed by atoms with van der Waals surface area (Å²) in [6.07, 6.45) is 3.82. The van der Waals surface area contributed by atoms with Crippen LogP contribution in [0, 0.1) is 5.41 Å². The molecule has 1 aliphatic rings. The summed E-state index contributed by atoms with van der Waals surface area (Å²) in [6.45, 7) is 1.43. The number of carboxylic acid groups (broad SMARTS) is 1. The molecule has 1 saturated heterocycles. The van der Waals surface area contributed by atoms with Gasteiger partial charge in [0.15, 0.2) is 0 Å². The Kier molecular flexibility index (Phi) is 3.79. The molecule has 2 N–H and O–H groups in total. The van der Waals surface area contributed by atoms with Crippen LogP contribution in [0.2, 0.25) is 0 Å². The summed E-state index contributed by atoms with van der Waals surface area (Å²) in [5.74, 6) is -0.727. The van der Waals surface area contributed by atoms with E-state index in [0.29, 0.717) is 19.4 Å². The van der Waals surface area contributed by atoms with Gasteiger partial charge in [-0.05, 0) is 47.4 Å². The van der Waals surface area contributed by atoms with E-state index in [1.54, 1.807) is 6.20 Å². The number of nitrogens with zero attached hydrogens (tertiary/aromatic N) is 1. The van der Waals surface area contributed by atoms with Crippen LogP contribution in [-0.2, 0) is 11.2 Å². The van der Waals surface area contributed by atoms with Gasteiger partial charge in [-0.3, -0.25) is 9.78 Å². The molecular weight excluding hydrogens is 284 g/mol. The smallest absolute Gasteiger partial charge is 0.311 e. The Balaban J connectivity index is 2.17. The van der Waals surface area contributed by atoms with E-state index in [2.05, 4.69) is 26.2 Å². The lowest BCUT2D eigenvalue weighted by Crippen LogP contribution is -2.47. The van der Waals surface area contributed by atoms with Crippen molar-refractivity contribution >= 4 is 21.9 Å². The van der Waals surface area contributed by atoms with Gasteiger partial charge in [-0.15, -0.1) is 0 Å². The van der Waals surface area contributed by atoms with Crippen molar-refractivity contribution in [3.8, 4) is 0 Å². The number of hydrogen-bond acceptors (Lipinski definition) is 3. The van der Waals surface area contributed by atoms with Crippen LogP contribution in [0.4, 0.5) is 0 Å². The molecule has 1 aromatic heterocycles. The van der Waals surface area contributed by atoms with E-state index in [0.717, 1.165) is 23.1 Å². The van der Waals surface area contributed by atoms with Crippen LogP contribution in [0.3, 0.4) is 0 Å². The molecular formula is C12H15BrN2O2. The monoisotopic (exact) mass is 298 g/mol. The highest BCUT2D eigenvalue weighted by Crippen LogP contribution is 2.30. The highest BCUT2D eigenvalue weighted by atomic mass is 79.9. The molecule has 1 aromatic rings. The van der Waals surface area contributed by atoms with Crippen molar-refractivity contribution in [1.82, 2.24) is 10.3 Å². The van der Waals surface area contributed by atoms with Crippen LogP contribution in [0.15, 0.2) is 22.8 Å². The van der Waals surface area contributed by atoms with Gasteiger partial charge >= 0.3 is 5.97 Å². The largest absolute Gasteiger partial charge is 0.481 e. The first-order valence-corrected chi connectivity index (χ1v) is 6.46. The number of rotatable bonds is 3. The van der Waals surface area contributed by atoms with Crippen LogP contribution in [0.5, 0.6) is 0 Å². The molecule has 2 rings (SSSR count). The third kappa shape index (κ3) is 2.84. The number of pyridine rings is 1. The molecule has 4 nitrogen and oxygen atoms in total. The molecule has 5 heteroatoms. The predicted octanol–water partition coefficient (Wildman–Crippen LogP) is 1.84. The SMILES string of the molecule is O=C(O)C1(Cc2ccc(Br)cn2)CCCNC1. The Morgan fingerprint density at radius 3 is 2.94 bits per heavy atom. The number of carboxylic acids is 1. The molecule has 0 bridgehead atoms.